The minimum absolute atomic E-state index is 0.365. The van der Waals surface area contributed by atoms with Crippen molar-refractivity contribution in [3.63, 3.8) is 0 Å². The van der Waals surface area contributed by atoms with Gasteiger partial charge in [-0.2, -0.15) is 18.4 Å². The maximum absolute atomic E-state index is 13.2. The molecule has 2 heterocycles. The largest absolute Gasteiger partial charge is 0.417 e. The van der Waals surface area contributed by atoms with Gasteiger partial charge in [0.05, 0.1) is 29.3 Å². The van der Waals surface area contributed by atoms with Crippen molar-refractivity contribution in [3.05, 3.63) is 59.4 Å². The molecule has 1 aromatic heterocycles. The van der Waals surface area contributed by atoms with E-state index in [0.717, 1.165) is 17.0 Å². The zero-order valence-electron chi connectivity index (χ0n) is 16.0. The van der Waals surface area contributed by atoms with E-state index in [1.54, 1.807) is 12.1 Å². The molecule has 154 valence electrons. The molecule has 2 N–H and O–H groups in total. The van der Waals surface area contributed by atoms with Gasteiger partial charge in [-0.3, -0.25) is 4.90 Å². The Morgan fingerprint density at radius 1 is 1.03 bits per heavy atom. The van der Waals surface area contributed by atoms with Gasteiger partial charge in [-0.05, 0) is 30.3 Å². The van der Waals surface area contributed by atoms with Crippen molar-refractivity contribution in [1.29, 1.82) is 5.26 Å². The number of nitrogens with two attached hydrogens (primary N) is 1. The molecule has 0 aliphatic carbocycles. The van der Waals surface area contributed by atoms with Crippen molar-refractivity contribution >= 4 is 22.4 Å². The van der Waals surface area contributed by atoms with E-state index in [9.17, 15) is 13.2 Å². The van der Waals surface area contributed by atoms with Gasteiger partial charge < -0.3 is 10.6 Å². The summed E-state index contributed by atoms with van der Waals surface area (Å²) in [5.74, 6) is 1.06. The molecule has 30 heavy (non-hydrogen) atoms. The fourth-order valence-electron chi connectivity index (χ4n) is 3.65. The maximum Gasteiger partial charge on any atom is 0.417 e. The van der Waals surface area contributed by atoms with E-state index in [4.69, 9.17) is 11.0 Å². The number of aromatic nitrogens is 2. The second-order valence-corrected chi connectivity index (χ2v) is 7.14. The SMILES string of the molecule is N#Cc1ccc(N2CCN(Cc3nc(N)c4ccccc4n3)CC2)cc1C(F)(F)F. The smallest absolute Gasteiger partial charge is 0.383 e. The Labute approximate surface area is 171 Å². The Hall–Kier alpha value is -3.38. The van der Waals surface area contributed by atoms with Crippen LogP contribution in [-0.4, -0.2) is 41.0 Å². The van der Waals surface area contributed by atoms with E-state index in [0.29, 0.717) is 50.1 Å². The Kier molecular flexibility index (Phi) is 5.18. The average Bonchev–Trinajstić information content (AvgIpc) is 2.73. The van der Waals surface area contributed by atoms with Crippen molar-refractivity contribution in [2.75, 3.05) is 36.8 Å². The van der Waals surface area contributed by atoms with E-state index in [-0.39, 0.29) is 5.56 Å². The first kappa shape index (κ1) is 19.9. The van der Waals surface area contributed by atoms with Crippen molar-refractivity contribution in [3.8, 4) is 6.07 Å². The quantitative estimate of drug-likeness (QED) is 0.710. The van der Waals surface area contributed by atoms with Gasteiger partial charge >= 0.3 is 6.18 Å². The first-order valence-electron chi connectivity index (χ1n) is 9.45. The Morgan fingerprint density at radius 3 is 2.47 bits per heavy atom. The number of fused-ring (bicyclic) bond motifs is 1. The van der Waals surface area contributed by atoms with Gasteiger partial charge in [0, 0.05) is 37.3 Å². The minimum Gasteiger partial charge on any atom is -0.383 e. The highest BCUT2D eigenvalue weighted by molar-refractivity contribution is 5.87. The van der Waals surface area contributed by atoms with E-state index in [1.165, 1.54) is 6.07 Å². The molecule has 3 aromatic rings. The number of halogens is 3. The first-order valence-corrected chi connectivity index (χ1v) is 9.45. The lowest BCUT2D eigenvalue weighted by molar-refractivity contribution is -0.137. The van der Waals surface area contributed by atoms with Crippen LogP contribution in [0.3, 0.4) is 0 Å². The number of benzene rings is 2. The van der Waals surface area contributed by atoms with Gasteiger partial charge in [-0.1, -0.05) is 12.1 Å². The number of nitrogens with zero attached hydrogens (tertiary/aromatic N) is 5. The van der Waals surface area contributed by atoms with Gasteiger partial charge in [-0.25, -0.2) is 9.97 Å². The molecular formula is C21H19F3N6. The van der Waals surface area contributed by atoms with Crippen LogP contribution in [0.5, 0.6) is 0 Å². The third-order valence-corrected chi connectivity index (χ3v) is 5.21. The highest BCUT2D eigenvalue weighted by Gasteiger charge is 2.34. The van der Waals surface area contributed by atoms with Crippen LogP contribution in [-0.2, 0) is 12.7 Å². The average molecular weight is 412 g/mol. The van der Waals surface area contributed by atoms with Crippen LogP contribution in [0.4, 0.5) is 24.7 Å². The second kappa shape index (κ2) is 7.80. The van der Waals surface area contributed by atoms with Gasteiger partial charge in [-0.15, -0.1) is 0 Å². The molecule has 0 saturated carbocycles. The van der Waals surface area contributed by atoms with Crippen molar-refractivity contribution < 1.29 is 13.2 Å². The van der Waals surface area contributed by atoms with Crippen LogP contribution < -0.4 is 10.6 Å². The summed E-state index contributed by atoms with van der Waals surface area (Å²) < 4.78 is 39.7. The lowest BCUT2D eigenvalue weighted by Crippen LogP contribution is -2.46. The van der Waals surface area contributed by atoms with E-state index >= 15 is 0 Å². The van der Waals surface area contributed by atoms with Gasteiger partial charge in [0.2, 0.25) is 0 Å². The molecule has 0 bridgehead atoms. The summed E-state index contributed by atoms with van der Waals surface area (Å²) in [6, 6.07) is 13.0. The van der Waals surface area contributed by atoms with Gasteiger partial charge in [0.25, 0.3) is 0 Å². The van der Waals surface area contributed by atoms with Crippen LogP contribution in [0.15, 0.2) is 42.5 Å². The third kappa shape index (κ3) is 4.00. The predicted molar refractivity (Wildman–Crippen MR) is 108 cm³/mol. The fraction of sp³-hybridized carbons (Fsp3) is 0.286. The number of hydrogen-bond acceptors (Lipinski definition) is 6. The number of piperazine rings is 1. The zero-order valence-corrected chi connectivity index (χ0v) is 16.0. The summed E-state index contributed by atoms with van der Waals surface area (Å²) in [7, 11) is 0. The highest BCUT2D eigenvalue weighted by atomic mass is 19.4. The zero-order chi connectivity index (χ0) is 21.3. The van der Waals surface area contributed by atoms with Crippen LogP contribution in [0.2, 0.25) is 0 Å². The fourth-order valence-corrected chi connectivity index (χ4v) is 3.65. The highest BCUT2D eigenvalue weighted by Crippen LogP contribution is 2.34. The van der Waals surface area contributed by atoms with Crippen LogP contribution >= 0.6 is 0 Å². The molecule has 0 radical (unpaired) electrons. The molecule has 0 atom stereocenters. The number of rotatable bonds is 3. The molecule has 1 fully saturated rings. The molecule has 1 saturated heterocycles. The van der Waals surface area contributed by atoms with Crippen LogP contribution in [0.1, 0.15) is 17.0 Å². The van der Waals surface area contributed by atoms with Crippen molar-refractivity contribution in [2.24, 2.45) is 0 Å². The molecule has 0 amide bonds. The molecule has 2 aromatic carbocycles. The number of anilines is 2. The Bertz CT molecular complexity index is 1110. The summed E-state index contributed by atoms with van der Waals surface area (Å²) in [5, 5.41) is 9.76. The van der Waals surface area contributed by atoms with Gasteiger partial charge in [0.1, 0.15) is 11.6 Å². The summed E-state index contributed by atoms with van der Waals surface area (Å²) in [6.45, 7) is 2.94. The van der Waals surface area contributed by atoms with Crippen LogP contribution in [0, 0.1) is 11.3 Å². The first-order chi connectivity index (χ1) is 14.3. The Morgan fingerprint density at radius 2 is 1.77 bits per heavy atom. The summed E-state index contributed by atoms with van der Waals surface area (Å²) in [5.41, 5.74) is 6.03. The standard InChI is InChI=1S/C21H19F3N6/c22-21(23,24)17-11-15(6-5-14(17)12-25)30-9-7-29(8-10-30)13-19-27-18-4-2-1-3-16(18)20(26)28-19/h1-6,11H,7-10,13H2,(H2,26,27,28). The summed E-state index contributed by atoms with van der Waals surface area (Å²) in [4.78, 5) is 13.0. The lowest BCUT2D eigenvalue weighted by atomic mass is 10.1. The number of nitrogen functional groups attached to an aromatic ring is 1. The van der Waals surface area contributed by atoms with Crippen molar-refractivity contribution in [2.45, 2.75) is 12.7 Å². The van der Waals surface area contributed by atoms with Crippen LogP contribution in [0.25, 0.3) is 10.9 Å². The molecule has 1 aliphatic heterocycles. The van der Waals surface area contributed by atoms with Gasteiger partial charge in [0.15, 0.2) is 0 Å². The molecule has 4 rings (SSSR count). The molecule has 0 unspecified atom stereocenters. The third-order valence-electron chi connectivity index (χ3n) is 5.21. The molecule has 9 heteroatoms. The van der Waals surface area contributed by atoms with E-state index in [2.05, 4.69) is 14.9 Å². The summed E-state index contributed by atoms with van der Waals surface area (Å²) in [6.07, 6.45) is -4.56. The van der Waals surface area contributed by atoms with Crippen molar-refractivity contribution in [1.82, 2.24) is 14.9 Å². The normalized spacial score (nSPS) is 15.3. The number of alkyl halides is 3. The second-order valence-electron chi connectivity index (χ2n) is 7.14. The molecule has 0 spiro atoms. The predicted octanol–water partition coefficient (Wildman–Crippen LogP) is 3.42. The summed E-state index contributed by atoms with van der Waals surface area (Å²) >= 11 is 0. The molecule has 1 aliphatic rings. The maximum atomic E-state index is 13.2. The number of hydrogen-bond donors (Lipinski definition) is 1. The van der Waals surface area contributed by atoms with E-state index in [1.807, 2.05) is 29.2 Å². The molecular weight excluding hydrogens is 393 g/mol. The Balaban J connectivity index is 1.45. The monoisotopic (exact) mass is 412 g/mol. The molecule has 6 nitrogen and oxygen atoms in total. The lowest BCUT2D eigenvalue weighted by Gasteiger charge is -2.36. The van der Waals surface area contributed by atoms with E-state index < -0.39 is 11.7 Å². The number of para-hydroxylation sites is 1. The number of nitriles is 1. The topological polar surface area (TPSA) is 82.1 Å². The minimum atomic E-state index is -4.56.